The van der Waals surface area contributed by atoms with Gasteiger partial charge in [0.25, 0.3) is 0 Å². The van der Waals surface area contributed by atoms with Crippen LogP contribution >= 0.6 is 11.6 Å². The molecule has 2 N–H and O–H groups in total. The van der Waals surface area contributed by atoms with Crippen LogP contribution in [0, 0.1) is 17.8 Å². The highest BCUT2D eigenvalue weighted by molar-refractivity contribution is 7.90. The number of benzene rings is 2. The van der Waals surface area contributed by atoms with Crippen molar-refractivity contribution in [3.8, 4) is 5.75 Å². The number of nitrogens with one attached hydrogen (secondary N) is 2. The quantitative estimate of drug-likeness (QED) is 0.361. The lowest BCUT2D eigenvalue weighted by Gasteiger charge is -2.44. The molecule has 3 aliphatic rings. The number of amides is 1. The van der Waals surface area contributed by atoms with Crippen LogP contribution < -0.4 is 19.7 Å². The third kappa shape index (κ3) is 7.99. The third-order valence-corrected chi connectivity index (χ3v) is 11.9. The van der Waals surface area contributed by atoms with E-state index in [2.05, 4.69) is 45.3 Å². The number of carbonyl (C=O) groups is 1. The van der Waals surface area contributed by atoms with Crippen molar-refractivity contribution in [1.82, 2.24) is 10.0 Å². The zero-order valence-corrected chi connectivity index (χ0v) is 27.9. The monoisotopic (exact) mass is 641 g/mol. The minimum Gasteiger partial charge on any atom is -0.487 e. The zero-order chi connectivity index (χ0) is 31.3. The maximum Gasteiger partial charge on any atom is 0.223 e. The fourth-order valence-corrected chi connectivity index (χ4v) is 8.39. The summed E-state index contributed by atoms with van der Waals surface area (Å²) < 4.78 is 36.1. The van der Waals surface area contributed by atoms with E-state index in [0.29, 0.717) is 37.7 Å². The molecule has 0 spiro atoms. The number of carbonyl (C=O) groups excluding carboxylic acids is 1. The maximum absolute atomic E-state index is 13.3. The number of nitrogens with zero attached hydrogens (tertiary/aromatic N) is 1. The molecule has 1 amide bonds. The van der Waals surface area contributed by atoms with Gasteiger partial charge < -0.3 is 15.0 Å². The van der Waals surface area contributed by atoms with Crippen LogP contribution in [-0.2, 0) is 34.4 Å². The molecule has 44 heavy (non-hydrogen) atoms. The second-order valence-electron chi connectivity index (χ2n) is 13.0. The Hall–Kier alpha value is -2.55. The van der Waals surface area contributed by atoms with Crippen LogP contribution in [0.1, 0.15) is 82.4 Å². The minimum atomic E-state index is -3.51. The van der Waals surface area contributed by atoms with Crippen molar-refractivity contribution >= 4 is 33.2 Å². The summed E-state index contributed by atoms with van der Waals surface area (Å²) in [4.78, 5) is 15.3. The Balaban J connectivity index is 1.51. The molecular weight excluding hydrogens is 594 g/mol. The van der Waals surface area contributed by atoms with Crippen LogP contribution in [-0.4, -0.2) is 38.7 Å². The number of hydrogen-bond acceptors (Lipinski definition) is 5. The molecule has 0 radical (unpaired) electrons. The summed E-state index contributed by atoms with van der Waals surface area (Å²) >= 11 is 6.35. The molecule has 9 heteroatoms. The van der Waals surface area contributed by atoms with E-state index in [1.807, 2.05) is 39.0 Å². The molecule has 5 rings (SSSR count). The van der Waals surface area contributed by atoms with E-state index >= 15 is 0 Å². The van der Waals surface area contributed by atoms with Crippen LogP contribution in [0.2, 0.25) is 5.02 Å². The molecule has 1 fully saturated rings. The standard InChI is InChI=1S/C35H48ClN3O4S/c1-4-30-10-5-6-11-32(38-35(40)24(2)3)31-16-14-27(31)22-39-18-8-7-9-26-20-29(36)15-13-28(26)23-43-34-17-12-25(19-33(34)39)21-37-44(30,41)42/h6,11-13,15,17,19-20,24,27,30-32,37H,4-5,7-10,14,16,18,21-23H2,1-3H3,(H,38,40)/b11-6-/t27-,30+,31+,32+/m0/s1. The Kier molecular flexibility index (Phi) is 11.0. The molecule has 2 bridgehead atoms. The number of sulfonamides is 1. The Bertz CT molecular complexity index is 1440. The predicted molar refractivity (Wildman–Crippen MR) is 179 cm³/mol. The summed E-state index contributed by atoms with van der Waals surface area (Å²) in [5.41, 5.74) is 4.28. The van der Waals surface area contributed by atoms with Gasteiger partial charge in [0.15, 0.2) is 0 Å². The van der Waals surface area contributed by atoms with Crippen LogP contribution in [0.15, 0.2) is 48.6 Å². The van der Waals surface area contributed by atoms with E-state index in [1.165, 1.54) is 5.56 Å². The number of rotatable bonds is 3. The third-order valence-electron chi connectivity index (χ3n) is 9.64. The van der Waals surface area contributed by atoms with E-state index in [-0.39, 0.29) is 24.4 Å². The molecule has 7 nitrogen and oxygen atoms in total. The lowest BCUT2D eigenvalue weighted by molar-refractivity contribution is -0.125. The summed E-state index contributed by atoms with van der Waals surface area (Å²) in [6.07, 6.45) is 11.1. The molecule has 0 unspecified atom stereocenters. The van der Waals surface area contributed by atoms with Gasteiger partial charge in [0, 0.05) is 30.6 Å². The SMILES string of the molecule is CC[C@@H]1CC/C=C\[C@@H](NC(=O)C(C)C)[C@@H]2CC[C@H]2CN2CCCCc3cc(Cl)ccc3COc3ccc(cc32)CNS1(=O)=O. The van der Waals surface area contributed by atoms with Crippen LogP contribution in [0.4, 0.5) is 5.69 Å². The predicted octanol–water partition coefficient (Wildman–Crippen LogP) is 6.78. The van der Waals surface area contributed by atoms with Crippen LogP contribution in [0.25, 0.3) is 0 Å². The van der Waals surface area contributed by atoms with E-state index in [9.17, 15) is 13.2 Å². The first-order valence-corrected chi connectivity index (χ1v) is 18.3. The van der Waals surface area contributed by atoms with Gasteiger partial charge in [-0.25, -0.2) is 13.1 Å². The highest BCUT2D eigenvalue weighted by Crippen LogP contribution is 2.41. The lowest BCUT2D eigenvalue weighted by Crippen LogP contribution is -2.50. The number of aryl methyl sites for hydroxylation is 1. The fraction of sp³-hybridized carbons (Fsp3) is 0.571. The van der Waals surface area contributed by atoms with Gasteiger partial charge in [0.2, 0.25) is 15.9 Å². The summed E-state index contributed by atoms with van der Waals surface area (Å²) in [6.45, 7) is 8.18. The first-order chi connectivity index (χ1) is 21.1. The second kappa shape index (κ2) is 14.7. The first kappa shape index (κ1) is 32.8. The van der Waals surface area contributed by atoms with Gasteiger partial charge in [-0.05, 0) is 104 Å². The van der Waals surface area contributed by atoms with Gasteiger partial charge in [0.05, 0.1) is 17.0 Å². The second-order valence-corrected chi connectivity index (χ2v) is 15.5. The van der Waals surface area contributed by atoms with E-state index < -0.39 is 15.3 Å². The molecule has 0 saturated heterocycles. The summed E-state index contributed by atoms with van der Waals surface area (Å²) in [7, 11) is -3.51. The van der Waals surface area contributed by atoms with E-state index in [0.717, 1.165) is 72.8 Å². The topological polar surface area (TPSA) is 87.7 Å². The van der Waals surface area contributed by atoms with Gasteiger partial charge in [-0.1, -0.05) is 56.7 Å². The van der Waals surface area contributed by atoms with Crippen molar-refractivity contribution in [2.45, 2.75) is 96.6 Å². The molecule has 2 heterocycles. The highest BCUT2D eigenvalue weighted by atomic mass is 35.5. The number of ether oxygens (including phenoxy) is 1. The normalized spacial score (nSPS) is 26.6. The number of hydrogen-bond donors (Lipinski definition) is 2. The van der Waals surface area contributed by atoms with Crippen molar-refractivity contribution in [3.05, 3.63) is 70.3 Å². The Morgan fingerprint density at radius 2 is 1.95 bits per heavy atom. The van der Waals surface area contributed by atoms with Crippen molar-refractivity contribution in [1.29, 1.82) is 0 Å². The highest BCUT2D eigenvalue weighted by Gasteiger charge is 2.38. The molecule has 1 aliphatic carbocycles. The van der Waals surface area contributed by atoms with E-state index in [4.69, 9.17) is 16.3 Å². The van der Waals surface area contributed by atoms with Crippen LogP contribution in [0.5, 0.6) is 5.75 Å². The van der Waals surface area contributed by atoms with Crippen molar-refractivity contribution in [3.63, 3.8) is 0 Å². The summed E-state index contributed by atoms with van der Waals surface area (Å²) in [5.74, 6) is 1.50. The molecule has 240 valence electrons. The molecule has 2 aliphatic heterocycles. The number of allylic oxidation sites excluding steroid dienone is 1. The van der Waals surface area contributed by atoms with Gasteiger partial charge >= 0.3 is 0 Å². The average molecular weight is 642 g/mol. The smallest absolute Gasteiger partial charge is 0.223 e. The number of anilines is 1. The largest absolute Gasteiger partial charge is 0.487 e. The summed E-state index contributed by atoms with van der Waals surface area (Å²) in [6, 6.07) is 12.0. The molecule has 4 atom stereocenters. The number of halogens is 1. The van der Waals surface area contributed by atoms with Crippen molar-refractivity contribution < 1.29 is 17.9 Å². The molecule has 0 aromatic heterocycles. The molecule has 2 aromatic carbocycles. The Morgan fingerprint density at radius 1 is 1.11 bits per heavy atom. The van der Waals surface area contributed by atoms with Gasteiger partial charge in [-0.15, -0.1) is 0 Å². The molecular formula is C35H48ClN3O4S. The minimum absolute atomic E-state index is 0.0521. The average Bonchev–Trinajstić information content (AvgIpc) is 3.00. The maximum atomic E-state index is 13.3. The zero-order valence-electron chi connectivity index (χ0n) is 26.4. The lowest BCUT2D eigenvalue weighted by atomic mass is 9.69. The fourth-order valence-electron chi connectivity index (χ4n) is 6.71. The van der Waals surface area contributed by atoms with Gasteiger partial charge in [-0.2, -0.15) is 0 Å². The summed E-state index contributed by atoms with van der Waals surface area (Å²) in [5, 5.41) is 3.57. The number of fused-ring (bicyclic) bond motifs is 3. The van der Waals surface area contributed by atoms with Gasteiger partial charge in [-0.3, -0.25) is 4.79 Å². The first-order valence-electron chi connectivity index (χ1n) is 16.4. The Labute approximate surface area is 268 Å². The molecule has 1 saturated carbocycles. The van der Waals surface area contributed by atoms with Crippen molar-refractivity contribution in [2.75, 3.05) is 18.0 Å². The Morgan fingerprint density at radius 3 is 2.70 bits per heavy atom. The van der Waals surface area contributed by atoms with Gasteiger partial charge in [0.1, 0.15) is 12.4 Å². The van der Waals surface area contributed by atoms with E-state index in [1.54, 1.807) is 0 Å². The molecule has 2 aromatic rings. The van der Waals surface area contributed by atoms with Crippen LogP contribution in [0.3, 0.4) is 0 Å². The van der Waals surface area contributed by atoms with Crippen molar-refractivity contribution in [2.24, 2.45) is 17.8 Å².